The molecule has 0 fully saturated rings. The van der Waals surface area contributed by atoms with Crippen molar-refractivity contribution >= 4 is 10.0 Å². The van der Waals surface area contributed by atoms with E-state index >= 15 is 0 Å². The van der Waals surface area contributed by atoms with Gasteiger partial charge in [-0.05, 0) is 48.4 Å². The number of aromatic nitrogens is 2. The van der Waals surface area contributed by atoms with E-state index in [2.05, 4.69) is 9.71 Å². The van der Waals surface area contributed by atoms with E-state index in [0.29, 0.717) is 5.56 Å². The molecule has 124 valence electrons. The fraction of sp³-hybridized carbons (Fsp3) is 0.118. The molecule has 1 aromatic heterocycles. The van der Waals surface area contributed by atoms with Crippen LogP contribution in [0.25, 0.3) is 5.69 Å². The topological polar surface area (TPSA) is 64.0 Å². The van der Waals surface area contributed by atoms with Crippen molar-refractivity contribution in [3.05, 3.63) is 78.1 Å². The Balaban J connectivity index is 1.73. The lowest BCUT2D eigenvalue weighted by atomic mass is 10.2. The molecule has 0 unspecified atom stereocenters. The molecule has 0 atom stereocenters. The zero-order valence-electron chi connectivity index (χ0n) is 13.0. The first-order valence-electron chi connectivity index (χ1n) is 7.29. The van der Waals surface area contributed by atoms with E-state index in [9.17, 15) is 12.8 Å². The van der Waals surface area contributed by atoms with E-state index in [1.165, 1.54) is 12.1 Å². The highest BCUT2D eigenvalue weighted by atomic mass is 32.2. The molecule has 0 saturated carbocycles. The quantitative estimate of drug-likeness (QED) is 0.773. The Morgan fingerprint density at radius 1 is 1.17 bits per heavy atom. The Kier molecular flexibility index (Phi) is 4.46. The fourth-order valence-corrected chi connectivity index (χ4v) is 3.61. The van der Waals surface area contributed by atoms with Gasteiger partial charge in [0.2, 0.25) is 10.0 Å². The van der Waals surface area contributed by atoms with Gasteiger partial charge in [0.1, 0.15) is 5.82 Å². The van der Waals surface area contributed by atoms with Crippen LogP contribution in [0.1, 0.15) is 11.1 Å². The van der Waals surface area contributed by atoms with Gasteiger partial charge in [0.25, 0.3) is 0 Å². The number of nitrogens with one attached hydrogen (secondary N) is 1. The van der Waals surface area contributed by atoms with E-state index in [0.717, 1.165) is 17.3 Å². The highest BCUT2D eigenvalue weighted by Gasteiger charge is 2.16. The van der Waals surface area contributed by atoms with Gasteiger partial charge in [0, 0.05) is 24.6 Å². The van der Waals surface area contributed by atoms with Crippen LogP contribution >= 0.6 is 0 Å². The number of nitrogens with zero attached hydrogens (tertiary/aromatic N) is 2. The van der Waals surface area contributed by atoms with Crippen LogP contribution in [0.15, 0.2) is 66.1 Å². The van der Waals surface area contributed by atoms with Gasteiger partial charge < -0.3 is 4.57 Å². The van der Waals surface area contributed by atoms with Gasteiger partial charge in [-0.15, -0.1) is 0 Å². The minimum Gasteiger partial charge on any atom is -0.306 e. The third-order valence-electron chi connectivity index (χ3n) is 3.63. The monoisotopic (exact) mass is 345 g/mol. The van der Waals surface area contributed by atoms with E-state index in [1.54, 1.807) is 19.4 Å². The molecule has 2 aromatic carbocycles. The number of rotatable bonds is 5. The molecule has 0 saturated heterocycles. The Morgan fingerprint density at radius 2 is 1.92 bits per heavy atom. The van der Waals surface area contributed by atoms with Crippen LogP contribution in [0, 0.1) is 12.7 Å². The van der Waals surface area contributed by atoms with E-state index < -0.39 is 15.8 Å². The highest BCUT2D eigenvalue weighted by Crippen LogP contribution is 2.17. The zero-order valence-corrected chi connectivity index (χ0v) is 13.8. The Hall–Kier alpha value is -2.51. The van der Waals surface area contributed by atoms with Crippen LogP contribution in [-0.4, -0.2) is 18.0 Å². The second-order valence-electron chi connectivity index (χ2n) is 5.37. The van der Waals surface area contributed by atoms with Gasteiger partial charge >= 0.3 is 0 Å². The largest absolute Gasteiger partial charge is 0.306 e. The highest BCUT2D eigenvalue weighted by molar-refractivity contribution is 7.89. The summed E-state index contributed by atoms with van der Waals surface area (Å²) in [5.41, 5.74) is 2.13. The molecule has 3 rings (SSSR count). The molecule has 0 spiro atoms. The second-order valence-corrected chi connectivity index (χ2v) is 7.11. The molecular formula is C17H16FN3O2S. The number of halogens is 1. The predicted octanol–water partition coefficient (Wildman–Crippen LogP) is 2.80. The molecule has 5 nitrogen and oxygen atoms in total. The van der Waals surface area contributed by atoms with Gasteiger partial charge in [-0.1, -0.05) is 12.1 Å². The molecule has 0 radical (unpaired) electrons. The molecule has 3 aromatic rings. The van der Waals surface area contributed by atoms with Crippen LogP contribution in [0.3, 0.4) is 0 Å². The Morgan fingerprint density at radius 3 is 2.54 bits per heavy atom. The number of benzene rings is 2. The summed E-state index contributed by atoms with van der Waals surface area (Å²) in [4.78, 5) is 4.06. The van der Waals surface area contributed by atoms with Crippen LogP contribution in [0.5, 0.6) is 0 Å². The van der Waals surface area contributed by atoms with Gasteiger partial charge in [-0.3, -0.25) is 0 Å². The van der Waals surface area contributed by atoms with E-state index in [-0.39, 0.29) is 11.4 Å². The van der Waals surface area contributed by atoms with Gasteiger partial charge in [0.05, 0.1) is 11.2 Å². The third-order valence-corrected chi connectivity index (χ3v) is 5.19. The molecule has 24 heavy (non-hydrogen) atoms. The number of sulfonamides is 1. The van der Waals surface area contributed by atoms with Crippen molar-refractivity contribution in [1.29, 1.82) is 0 Å². The first-order valence-corrected chi connectivity index (χ1v) is 8.77. The maximum atomic E-state index is 13.1. The molecule has 1 N–H and O–H groups in total. The number of aryl methyl sites for hydroxylation is 1. The van der Waals surface area contributed by atoms with Crippen LogP contribution in [0.4, 0.5) is 4.39 Å². The van der Waals surface area contributed by atoms with E-state index in [4.69, 9.17) is 0 Å². The summed E-state index contributed by atoms with van der Waals surface area (Å²) < 4.78 is 42.2. The normalized spacial score (nSPS) is 11.6. The number of imidazole rings is 1. The maximum absolute atomic E-state index is 13.1. The molecule has 7 heteroatoms. The van der Waals surface area contributed by atoms with Crippen molar-refractivity contribution in [1.82, 2.24) is 14.3 Å². The minimum absolute atomic E-state index is 0.0823. The first kappa shape index (κ1) is 16.4. The van der Waals surface area contributed by atoms with Crippen LogP contribution < -0.4 is 4.72 Å². The minimum atomic E-state index is -3.69. The molecule has 1 heterocycles. The van der Waals surface area contributed by atoms with Crippen molar-refractivity contribution in [3.63, 3.8) is 0 Å². The molecule has 0 aliphatic carbocycles. The number of hydrogen-bond acceptors (Lipinski definition) is 3. The van der Waals surface area contributed by atoms with Gasteiger partial charge in [0.15, 0.2) is 0 Å². The van der Waals surface area contributed by atoms with Crippen molar-refractivity contribution in [2.75, 3.05) is 0 Å². The molecule has 0 aliphatic rings. The average Bonchev–Trinajstić information content (AvgIpc) is 3.07. The zero-order chi connectivity index (χ0) is 17.2. The first-order chi connectivity index (χ1) is 11.5. The molecule has 0 amide bonds. The molecule has 0 aliphatic heterocycles. The summed E-state index contributed by atoms with van der Waals surface area (Å²) >= 11 is 0. The van der Waals surface area contributed by atoms with Crippen molar-refractivity contribution in [2.24, 2.45) is 0 Å². The van der Waals surface area contributed by atoms with Gasteiger partial charge in [-0.25, -0.2) is 22.5 Å². The smallest absolute Gasteiger partial charge is 0.241 e. The predicted molar refractivity (Wildman–Crippen MR) is 88.7 cm³/mol. The van der Waals surface area contributed by atoms with E-state index in [1.807, 2.05) is 35.0 Å². The lowest BCUT2D eigenvalue weighted by Gasteiger charge is -2.10. The lowest BCUT2D eigenvalue weighted by Crippen LogP contribution is -2.24. The maximum Gasteiger partial charge on any atom is 0.241 e. The average molecular weight is 345 g/mol. The molecular weight excluding hydrogens is 329 g/mol. The SMILES string of the molecule is Cc1cc(F)ccc1S(=O)(=O)NCc1ccc(-n2ccnc2)cc1. The Bertz CT molecular complexity index is 936. The number of hydrogen-bond donors (Lipinski definition) is 1. The summed E-state index contributed by atoms with van der Waals surface area (Å²) in [5, 5.41) is 0. The van der Waals surface area contributed by atoms with Crippen molar-refractivity contribution in [2.45, 2.75) is 18.4 Å². The summed E-state index contributed by atoms with van der Waals surface area (Å²) in [5.74, 6) is -0.457. The molecule has 0 bridgehead atoms. The van der Waals surface area contributed by atoms with Crippen LogP contribution in [0.2, 0.25) is 0 Å². The Labute approximate surface area is 139 Å². The summed E-state index contributed by atoms with van der Waals surface area (Å²) in [6.07, 6.45) is 5.21. The van der Waals surface area contributed by atoms with Crippen LogP contribution in [-0.2, 0) is 16.6 Å². The van der Waals surface area contributed by atoms with Gasteiger partial charge in [-0.2, -0.15) is 0 Å². The fourth-order valence-electron chi connectivity index (χ4n) is 2.37. The summed E-state index contributed by atoms with van der Waals surface area (Å²) in [6, 6.07) is 11.1. The summed E-state index contributed by atoms with van der Waals surface area (Å²) in [7, 11) is -3.69. The second kappa shape index (κ2) is 6.54. The van der Waals surface area contributed by atoms with Crippen molar-refractivity contribution < 1.29 is 12.8 Å². The third kappa shape index (κ3) is 3.52. The standard InChI is InChI=1S/C17H16FN3O2S/c1-13-10-15(18)4-7-17(13)24(22,23)20-11-14-2-5-16(6-3-14)21-9-8-19-12-21/h2-10,12,20H,11H2,1H3. The van der Waals surface area contributed by atoms with Crippen molar-refractivity contribution in [3.8, 4) is 5.69 Å². The lowest BCUT2D eigenvalue weighted by molar-refractivity contribution is 0.579. The summed E-state index contributed by atoms with van der Waals surface area (Å²) in [6.45, 7) is 1.72.